The van der Waals surface area contributed by atoms with Gasteiger partial charge < -0.3 is 15.5 Å². The van der Waals surface area contributed by atoms with Crippen molar-refractivity contribution in [1.29, 1.82) is 0 Å². The van der Waals surface area contributed by atoms with Crippen molar-refractivity contribution in [2.75, 3.05) is 6.61 Å². The van der Waals surface area contributed by atoms with Gasteiger partial charge >= 0.3 is 0 Å². The molecule has 0 bridgehead atoms. The zero-order valence-electron chi connectivity index (χ0n) is 34.9. The Morgan fingerprint density at radius 2 is 0.815 bits per heavy atom. The first-order valence-electron chi connectivity index (χ1n) is 22.1. The highest BCUT2D eigenvalue weighted by Gasteiger charge is 2.19. The highest BCUT2D eigenvalue weighted by atomic mass is 16.3. The summed E-state index contributed by atoms with van der Waals surface area (Å²) in [5.41, 5.74) is 0. The van der Waals surface area contributed by atoms with Gasteiger partial charge in [0.05, 0.1) is 18.8 Å². The van der Waals surface area contributed by atoms with E-state index in [2.05, 4.69) is 129 Å². The van der Waals surface area contributed by atoms with Gasteiger partial charge in [0.2, 0.25) is 5.91 Å². The predicted molar refractivity (Wildman–Crippen MR) is 239 cm³/mol. The quantitative estimate of drug-likeness (QED) is 0.0435. The number of unbranched alkanes of at least 4 members (excludes halogenated alkanes) is 13. The molecule has 4 nitrogen and oxygen atoms in total. The molecule has 0 heterocycles. The normalized spacial score (nSPS) is 14.1. The van der Waals surface area contributed by atoms with Crippen molar-refractivity contribution in [3.63, 3.8) is 0 Å². The molecule has 0 aromatic rings. The van der Waals surface area contributed by atoms with Gasteiger partial charge in [0, 0.05) is 6.42 Å². The summed E-state index contributed by atoms with van der Waals surface area (Å²) in [6.07, 6.45) is 67.7. The Morgan fingerprint density at radius 1 is 0.463 bits per heavy atom. The van der Waals surface area contributed by atoms with Gasteiger partial charge in [-0.15, -0.1) is 0 Å². The molecule has 3 N–H and O–H groups in total. The van der Waals surface area contributed by atoms with E-state index in [0.29, 0.717) is 12.8 Å². The Balaban J connectivity index is 3.58. The number of aliphatic hydroxyl groups excluding tert-OH is 2. The largest absolute Gasteiger partial charge is 0.394 e. The fourth-order valence-electron chi connectivity index (χ4n) is 5.94. The maximum atomic E-state index is 12.3. The number of carbonyl (C=O) groups excluding carboxylic acids is 1. The van der Waals surface area contributed by atoms with Crippen molar-refractivity contribution in [3.8, 4) is 0 Å². The summed E-state index contributed by atoms with van der Waals surface area (Å²) in [6, 6.07) is -0.542. The second kappa shape index (κ2) is 44.4. The van der Waals surface area contributed by atoms with E-state index in [9.17, 15) is 15.0 Å². The first-order valence-corrected chi connectivity index (χ1v) is 22.1. The molecule has 0 aromatic heterocycles. The van der Waals surface area contributed by atoms with Gasteiger partial charge in [-0.25, -0.2) is 0 Å². The molecule has 0 aliphatic heterocycles. The van der Waals surface area contributed by atoms with Gasteiger partial charge in [0.15, 0.2) is 0 Å². The molecule has 0 spiro atoms. The van der Waals surface area contributed by atoms with Gasteiger partial charge in [-0.05, 0) is 83.5 Å². The number of hydrogen-bond donors (Lipinski definition) is 3. The van der Waals surface area contributed by atoms with Crippen molar-refractivity contribution in [1.82, 2.24) is 5.32 Å². The summed E-state index contributed by atoms with van der Waals surface area (Å²) in [7, 11) is 0. The van der Waals surface area contributed by atoms with Crippen LogP contribution in [0.2, 0.25) is 0 Å². The van der Waals surface area contributed by atoms with E-state index in [1.807, 2.05) is 0 Å². The van der Waals surface area contributed by atoms with Crippen LogP contribution in [0.15, 0.2) is 109 Å². The number of allylic oxidation sites excluding steroid dienone is 18. The summed E-state index contributed by atoms with van der Waals surface area (Å²) in [5.74, 6) is -0.0512. The van der Waals surface area contributed by atoms with E-state index in [1.165, 1.54) is 70.6 Å². The number of nitrogens with one attached hydrogen (secondary N) is 1. The highest BCUT2D eigenvalue weighted by molar-refractivity contribution is 5.76. The average Bonchev–Trinajstić information content (AvgIpc) is 3.18. The van der Waals surface area contributed by atoms with Gasteiger partial charge in [0.25, 0.3) is 0 Å². The standard InChI is InChI=1S/C50H83NO3/c1-3-5-7-9-10-11-12-13-14-15-16-17-18-19-20-21-22-23-24-25-26-27-28-29-30-31-32-33-34-35-36-37-38-39-40-42-44-46-50(54)51-48(47-52)49(53)45-43-41-8-6-4-2/h5,7,10-11,13-14,16-17,19-20,22-23,25-26,28-29,31-32,48-49,52-53H,3-4,6,8-9,12,15,18,21,24,27,30,33-47H2,1-2H3,(H,51,54)/b7-5-,11-10-,14-13-,17-16-,20-19-,23-22-,26-25-,29-28-,32-31-. The van der Waals surface area contributed by atoms with Gasteiger partial charge in [0.1, 0.15) is 0 Å². The lowest BCUT2D eigenvalue weighted by molar-refractivity contribution is -0.123. The molecule has 0 radical (unpaired) electrons. The van der Waals surface area contributed by atoms with Crippen LogP contribution < -0.4 is 5.32 Å². The molecule has 0 fully saturated rings. The lowest BCUT2D eigenvalue weighted by Gasteiger charge is -2.22. The fourth-order valence-corrected chi connectivity index (χ4v) is 5.94. The van der Waals surface area contributed by atoms with Crippen LogP contribution in [0, 0.1) is 0 Å². The van der Waals surface area contributed by atoms with Crippen LogP contribution in [0.4, 0.5) is 0 Å². The van der Waals surface area contributed by atoms with Crippen molar-refractivity contribution in [2.24, 2.45) is 0 Å². The third kappa shape index (κ3) is 40.2. The van der Waals surface area contributed by atoms with E-state index in [4.69, 9.17) is 0 Å². The molecular weight excluding hydrogens is 663 g/mol. The zero-order chi connectivity index (χ0) is 39.3. The van der Waals surface area contributed by atoms with Crippen molar-refractivity contribution >= 4 is 5.91 Å². The average molecular weight is 746 g/mol. The summed E-state index contributed by atoms with van der Waals surface area (Å²) in [4.78, 5) is 12.3. The molecule has 0 aliphatic carbocycles. The molecule has 0 aromatic carbocycles. The number of rotatable bonds is 38. The van der Waals surface area contributed by atoms with Crippen LogP contribution in [0.25, 0.3) is 0 Å². The van der Waals surface area contributed by atoms with Crippen LogP contribution in [-0.4, -0.2) is 34.9 Å². The molecule has 4 heteroatoms. The minimum Gasteiger partial charge on any atom is -0.394 e. The minimum absolute atomic E-state index is 0.0512. The maximum Gasteiger partial charge on any atom is 0.220 e. The molecule has 0 saturated carbocycles. The number of aliphatic hydroxyl groups is 2. The summed E-state index contributed by atoms with van der Waals surface area (Å²) >= 11 is 0. The van der Waals surface area contributed by atoms with E-state index in [1.54, 1.807) is 0 Å². The second-order valence-electron chi connectivity index (χ2n) is 14.4. The topological polar surface area (TPSA) is 69.6 Å². The fraction of sp³-hybridized carbons (Fsp3) is 0.620. The third-order valence-electron chi connectivity index (χ3n) is 9.30. The van der Waals surface area contributed by atoms with Crippen LogP contribution >= 0.6 is 0 Å². The Kier molecular flexibility index (Phi) is 42.0. The second-order valence-corrected chi connectivity index (χ2v) is 14.4. The van der Waals surface area contributed by atoms with E-state index in [0.717, 1.165) is 83.5 Å². The van der Waals surface area contributed by atoms with Crippen LogP contribution in [0.1, 0.15) is 181 Å². The smallest absolute Gasteiger partial charge is 0.220 e. The lowest BCUT2D eigenvalue weighted by Crippen LogP contribution is -2.45. The highest BCUT2D eigenvalue weighted by Crippen LogP contribution is 2.13. The Labute approximate surface area is 334 Å². The Bertz CT molecular complexity index is 1070. The monoisotopic (exact) mass is 746 g/mol. The zero-order valence-corrected chi connectivity index (χ0v) is 34.9. The Morgan fingerprint density at radius 3 is 1.22 bits per heavy atom. The van der Waals surface area contributed by atoms with Gasteiger partial charge in [-0.2, -0.15) is 0 Å². The van der Waals surface area contributed by atoms with Crippen LogP contribution in [-0.2, 0) is 4.79 Å². The summed E-state index contributed by atoms with van der Waals surface area (Å²) in [6.45, 7) is 4.14. The maximum absolute atomic E-state index is 12.3. The lowest BCUT2D eigenvalue weighted by atomic mass is 10.0. The molecule has 306 valence electrons. The van der Waals surface area contributed by atoms with E-state index >= 15 is 0 Å². The molecule has 54 heavy (non-hydrogen) atoms. The van der Waals surface area contributed by atoms with Gasteiger partial charge in [-0.3, -0.25) is 4.79 Å². The molecular formula is C50H83NO3. The van der Waals surface area contributed by atoms with Gasteiger partial charge in [-0.1, -0.05) is 200 Å². The molecule has 2 atom stereocenters. The number of hydrogen-bond acceptors (Lipinski definition) is 3. The van der Waals surface area contributed by atoms with E-state index < -0.39 is 12.1 Å². The summed E-state index contributed by atoms with van der Waals surface area (Å²) < 4.78 is 0. The van der Waals surface area contributed by atoms with Crippen molar-refractivity contribution < 1.29 is 15.0 Å². The first-order chi connectivity index (χ1) is 26.7. The third-order valence-corrected chi connectivity index (χ3v) is 9.30. The van der Waals surface area contributed by atoms with Crippen LogP contribution in [0.5, 0.6) is 0 Å². The molecule has 1 amide bonds. The number of amides is 1. The molecule has 0 saturated heterocycles. The predicted octanol–water partition coefficient (Wildman–Crippen LogP) is 14.0. The van der Waals surface area contributed by atoms with E-state index in [-0.39, 0.29) is 12.5 Å². The SMILES string of the molecule is CC/C=C\C/C=C\C/C=C\C/C=C\C/C=C\C/C=C\C/C=C\C/C=C\C/C=C\CCCCCCCCCCCC(=O)NC(CO)C(O)CCCCCCC. The Hall–Kier alpha value is -2.95. The molecule has 0 aliphatic rings. The molecule has 2 unspecified atom stereocenters. The van der Waals surface area contributed by atoms with Crippen LogP contribution in [0.3, 0.4) is 0 Å². The minimum atomic E-state index is -0.664. The first kappa shape index (κ1) is 51.0. The van der Waals surface area contributed by atoms with Crippen molar-refractivity contribution in [3.05, 3.63) is 109 Å². The van der Waals surface area contributed by atoms with Crippen molar-refractivity contribution in [2.45, 2.75) is 193 Å². The number of carbonyl (C=O) groups is 1. The summed E-state index contributed by atoms with van der Waals surface area (Å²) in [5, 5.41) is 22.8. The molecule has 0 rings (SSSR count).